The predicted molar refractivity (Wildman–Crippen MR) is 48.9 cm³/mol. The van der Waals surface area contributed by atoms with Crippen molar-refractivity contribution in [1.82, 2.24) is 0 Å². The lowest BCUT2D eigenvalue weighted by Gasteiger charge is -2.27. The fraction of sp³-hybridized carbons (Fsp3) is 1.00. The SMILES string of the molecule is CC1CCCC2(C1)CC2CCl. The van der Waals surface area contributed by atoms with Crippen LogP contribution in [0.5, 0.6) is 0 Å². The summed E-state index contributed by atoms with van der Waals surface area (Å²) in [6.07, 6.45) is 7.27. The zero-order chi connectivity index (χ0) is 7.90. The second-order valence-electron chi connectivity index (χ2n) is 4.62. The van der Waals surface area contributed by atoms with Crippen molar-refractivity contribution < 1.29 is 0 Å². The van der Waals surface area contributed by atoms with Gasteiger partial charge in [0.25, 0.3) is 0 Å². The van der Waals surface area contributed by atoms with Gasteiger partial charge in [-0.1, -0.05) is 19.8 Å². The van der Waals surface area contributed by atoms with E-state index in [9.17, 15) is 0 Å². The van der Waals surface area contributed by atoms with Crippen LogP contribution in [0.4, 0.5) is 0 Å². The molecule has 0 N–H and O–H groups in total. The Morgan fingerprint density at radius 2 is 2.27 bits per heavy atom. The molecule has 0 aromatic rings. The van der Waals surface area contributed by atoms with Crippen LogP contribution in [0.25, 0.3) is 0 Å². The van der Waals surface area contributed by atoms with Crippen molar-refractivity contribution in [2.45, 2.75) is 39.0 Å². The van der Waals surface area contributed by atoms with Gasteiger partial charge in [-0.3, -0.25) is 0 Å². The molecule has 1 heteroatoms. The first-order chi connectivity index (χ1) is 5.27. The third-order valence-corrected chi connectivity index (χ3v) is 4.04. The molecule has 0 heterocycles. The van der Waals surface area contributed by atoms with E-state index in [2.05, 4.69) is 6.92 Å². The summed E-state index contributed by atoms with van der Waals surface area (Å²) in [7, 11) is 0. The molecule has 2 aliphatic rings. The van der Waals surface area contributed by atoms with Crippen LogP contribution in [0.3, 0.4) is 0 Å². The normalized spacial score (nSPS) is 49.6. The van der Waals surface area contributed by atoms with Gasteiger partial charge in [0, 0.05) is 5.88 Å². The van der Waals surface area contributed by atoms with Gasteiger partial charge in [0.15, 0.2) is 0 Å². The summed E-state index contributed by atoms with van der Waals surface area (Å²) in [5, 5.41) is 0. The van der Waals surface area contributed by atoms with Gasteiger partial charge in [-0.05, 0) is 36.5 Å². The Hall–Kier alpha value is 0.290. The van der Waals surface area contributed by atoms with E-state index in [0.29, 0.717) is 0 Å². The maximum atomic E-state index is 5.87. The van der Waals surface area contributed by atoms with Gasteiger partial charge in [-0.25, -0.2) is 0 Å². The topological polar surface area (TPSA) is 0 Å². The van der Waals surface area contributed by atoms with Gasteiger partial charge in [0.2, 0.25) is 0 Å². The molecule has 2 rings (SSSR count). The van der Waals surface area contributed by atoms with Gasteiger partial charge in [0.1, 0.15) is 0 Å². The lowest BCUT2D eigenvalue weighted by Crippen LogP contribution is -2.16. The van der Waals surface area contributed by atoms with Crippen LogP contribution < -0.4 is 0 Å². The molecule has 0 aromatic carbocycles. The molecule has 11 heavy (non-hydrogen) atoms. The molecule has 0 saturated heterocycles. The summed E-state index contributed by atoms with van der Waals surface area (Å²) in [4.78, 5) is 0. The van der Waals surface area contributed by atoms with Gasteiger partial charge >= 0.3 is 0 Å². The highest BCUT2D eigenvalue weighted by molar-refractivity contribution is 6.18. The highest BCUT2D eigenvalue weighted by atomic mass is 35.5. The van der Waals surface area contributed by atoms with E-state index in [4.69, 9.17) is 11.6 Å². The maximum absolute atomic E-state index is 5.87. The zero-order valence-electron chi connectivity index (χ0n) is 7.28. The van der Waals surface area contributed by atoms with E-state index in [-0.39, 0.29) is 0 Å². The molecule has 0 amide bonds. The molecule has 3 unspecified atom stereocenters. The van der Waals surface area contributed by atoms with Gasteiger partial charge < -0.3 is 0 Å². The van der Waals surface area contributed by atoms with E-state index in [0.717, 1.165) is 23.1 Å². The summed E-state index contributed by atoms with van der Waals surface area (Å²) in [6.45, 7) is 2.39. The number of alkyl halides is 1. The quantitative estimate of drug-likeness (QED) is 0.532. The minimum Gasteiger partial charge on any atom is -0.126 e. The predicted octanol–water partition coefficient (Wildman–Crippen LogP) is 3.44. The van der Waals surface area contributed by atoms with Gasteiger partial charge in [-0.2, -0.15) is 0 Å². The second kappa shape index (κ2) is 2.65. The fourth-order valence-corrected chi connectivity index (χ4v) is 3.34. The Kier molecular flexibility index (Phi) is 1.91. The first kappa shape index (κ1) is 7.91. The first-order valence-electron chi connectivity index (χ1n) is 4.83. The first-order valence-corrected chi connectivity index (χ1v) is 5.36. The summed E-state index contributed by atoms with van der Waals surface area (Å²) in [5.41, 5.74) is 0.736. The highest BCUT2D eigenvalue weighted by Gasteiger charge is 2.53. The van der Waals surface area contributed by atoms with Crippen molar-refractivity contribution >= 4 is 11.6 Å². The van der Waals surface area contributed by atoms with Crippen LogP contribution in [0.2, 0.25) is 0 Å². The Labute approximate surface area is 74.3 Å². The molecular formula is C10H17Cl. The Morgan fingerprint density at radius 1 is 1.45 bits per heavy atom. The summed E-state index contributed by atoms with van der Waals surface area (Å²) >= 11 is 5.87. The third kappa shape index (κ3) is 1.30. The molecule has 2 fully saturated rings. The number of halogens is 1. The fourth-order valence-electron chi connectivity index (χ4n) is 2.91. The number of rotatable bonds is 1. The second-order valence-corrected chi connectivity index (χ2v) is 4.93. The minimum absolute atomic E-state index is 0.736. The van der Waals surface area contributed by atoms with E-state index in [1.807, 2.05) is 0 Å². The van der Waals surface area contributed by atoms with Crippen LogP contribution in [-0.2, 0) is 0 Å². The highest BCUT2D eigenvalue weighted by Crippen LogP contribution is 2.62. The lowest BCUT2D eigenvalue weighted by atomic mass is 9.79. The van der Waals surface area contributed by atoms with Crippen molar-refractivity contribution in [3.63, 3.8) is 0 Å². The largest absolute Gasteiger partial charge is 0.126 e. The minimum atomic E-state index is 0.736. The smallest absolute Gasteiger partial charge is 0.0257 e. The van der Waals surface area contributed by atoms with Crippen LogP contribution >= 0.6 is 11.6 Å². The number of hydrogen-bond donors (Lipinski definition) is 0. The maximum Gasteiger partial charge on any atom is 0.0257 e. The Bertz CT molecular complexity index is 155. The van der Waals surface area contributed by atoms with E-state index in [1.54, 1.807) is 0 Å². The average Bonchev–Trinajstić information content (AvgIpc) is 2.63. The standard InChI is InChI=1S/C10H17Cl/c1-8-3-2-4-10(5-8)6-9(10)7-11/h8-9H,2-7H2,1H3. The van der Waals surface area contributed by atoms with Crippen molar-refractivity contribution in [3.8, 4) is 0 Å². The molecular weight excluding hydrogens is 156 g/mol. The summed E-state index contributed by atoms with van der Waals surface area (Å²) < 4.78 is 0. The molecule has 2 aliphatic carbocycles. The molecule has 3 atom stereocenters. The molecule has 64 valence electrons. The molecule has 0 aliphatic heterocycles. The van der Waals surface area contributed by atoms with Crippen molar-refractivity contribution in [1.29, 1.82) is 0 Å². The van der Waals surface area contributed by atoms with Gasteiger partial charge in [-0.15, -0.1) is 11.6 Å². The van der Waals surface area contributed by atoms with E-state index < -0.39 is 0 Å². The summed E-state index contributed by atoms with van der Waals surface area (Å²) in [5.74, 6) is 2.76. The molecule has 0 bridgehead atoms. The molecule has 2 saturated carbocycles. The Morgan fingerprint density at radius 3 is 2.82 bits per heavy atom. The van der Waals surface area contributed by atoms with Crippen LogP contribution in [0.1, 0.15) is 39.0 Å². The number of hydrogen-bond acceptors (Lipinski definition) is 0. The molecule has 0 radical (unpaired) electrons. The third-order valence-electron chi connectivity index (χ3n) is 3.67. The molecule has 0 aromatic heterocycles. The molecule has 1 spiro atoms. The van der Waals surface area contributed by atoms with Crippen LogP contribution in [0.15, 0.2) is 0 Å². The zero-order valence-corrected chi connectivity index (χ0v) is 8.03. The Balaban J connectivity index is 1.95. The van der Waals surface area contributed by atoms with E-state index in [1.165, 1.54) is 32.1 Å². The molecule has 0 nitrogen and oxygen atoms in total. The van der Waals surface area contributed by atoms with E-state index >= 15 is 0 Å². The average molecular weight is 173 g/mol. The van der Waals surface area contributed by atoms with Crippen LogP contribution in [0, 0.1) is 17.3 Å². The lowest BCUT2D eigenvalue weighted by molar-refractivity contribution is 0.247. The van der Waals surface area contributed by atoms with Crippen molar-refractivity contribution in [2.75, 3.05) is 5.88 Å². The van der Waals surface area contributed by atoms with Crippen LogP contribution in [-0.4, -0.2) is 5.88 Å². The van der Waals surface area contributed by atoms with Gasteiger partial charge in [0.05, 0.1) is 0 Å². The monoisotopic (exact) mass is 172 g/mol. The van der Waals surface area contributed by atoms with Crippen molar-refractivity contribution in [2.24, 2.45) is 17.3 Å². The van der Waals surface area contributed by atoms with Crippen molar-refractivity contribution in [3.05, 3.63) is 0 Å². The summed E-state index contributed by atoms with van der Waals surface area (Å²) in [6, 6.07) is 0.